The normalized spacial score (nSPS) is 14.8. The molecule has 0 spiro atoms. The van der Waals surface area contributed by atoms with E-state index < -0.39 is 23.8 Å². The first-order chi connectivity index (χ1) is 9.43. The fraction of sp³-hybridized carbons (Fsp3) is 0.167. The Morgan fingerprint density at radius 2 is 1.70 bits per heavy atom. The van der Waals surface area contributed by atoms with Crippen molar-refractivity contribution in [2.45, 2.75) is 13.0 Å². The van der Waals surface area contributed by atoms with Crippen LogP contribution in [-0.2, 0) is 4.79 Å². The Balaban J connectivity index is 2.19. The average molecular weight is 292 g/mol. The van der Waals surface area contributed by atoms with Crippen LogP contribution in [0.4, 0.5) is 0 Å². The lowest BCUT2D eigenvalue weighted by Crippen LogP contribution is -2.53. The monoisotopic (exact) mass is 292 g/mol. The Morgan fingerprint density at radius 1 is 1.20 bits per heavy atom. The topological polar surface area (TPSA) is 105 Å². The zero-order valence-corrected chi connectivity index (χ0v) is 11.4. The molecule has 1 aromatic carbocycles. The van der Waals surface area contributed by atoms with Crippen LogP contribution < -0.4 is 16.6 Å². The van der Waals surface area contributed by atoms with Crippen LogP contribution in [0, 0.1) is 0 Å². The van der Waals surface area contributed by atoms with E-state index in [1.165, 1.54) is 6.92 Å². The van der Waals surface area contributed by atoms with Gasteiger partial charge in [-0.25, -0.2) is 0 Å². The second kappa shape index (κ2) is 5.25. The average Bonchev–Trinajstić information content (AvgIpc) is 2.68. The van der Waals surface area contributed by atoms with Crippen LogP contribution in [0.3, 0.4) is 0 Å². The standard InChI is InChI=1S/C12H12N4O3S/c1-6(9(17)14-15-12(13)20)16-10(18)7-4-2-3-5-8(7)11(16)19/h2-6H,1H3,(H,14,17)(H3,13,15,20)/t6-/m0/s1. The van der Waals surface area contributed by atoms with Gasteiger partial charge in [-0.1, -0.05) is 12.1 Å². The summed E-state index contributed by atoms with van der Waals surface area (Å²) in [5.74, 6) is -1.58. The number of nitrogens with two attached hydrogens (primary N) is 1. The van der Waals surface area contributed by atoms with Gasteiger partial charge in [-0.2, -0.15) is 0 Å². The first kappa shape index (κ1) is 13.9. The van der Waals surface area contributed by atoms with Crippen LogP contribution in [0.1, 0.15) is 27.6 Å². The van der Waals surface area contributed by atoms with Gasteiger partial charge in [0, 0.05) is 0 Å². The van der Waals surface area contributed by atoms with Crippen LogP contribution in [0.2, 0.25) is 0 Å². The van der Waals surface area contributed by atoms with E-state index in [2.05, 4.69) is 23.1 Å². The Labute approximate surface area is 120 Å². The summed E-state index contributed by atoms with van der Waals surface area (Å²) in [6.07, 6.45) is 0. The highest BCUT2D eigenvalue weighted by Crippen LogP contribution is 2.24. The van der Waals surface area contributed by atoms with E-state index in [0.717, 1.165) is 4.90 Å². The van der Waals surface area contributed by atoms with E-state index in [0.29, 0.717) is 11.1 Å². The molecule has 0 aromatic heterocycles. The minimum absolute atomic E-state index is 0.118. The van der Waals surface area contributed by atoms with Crippen molar-refractivity contribution < 1.29 is 14.4 Å². The molecule has 0 saturated carbocycles. The number of fused-ring (bicyclic) bond motifs is 1. The number of benzene rings is 1. The van der Waals surface area contributed by atoms with E-state index in [1.807, 2.05) is 0 Å². The molecular formula is C12H12N4O3S. The van der Waals surface area contributed by atoms with E-state index in [9.17, 15) is 14.4 Å². The first-order valence-corrected chi connectivity index (χ1v) is 6.16. The molecule has 3 amide bonds. The molecule has 0 bridgehead atoms. The summed E-state index contributed by atoms with van der Waals surface area (Å²) in [6, 6.07) is 5.43. The molecule has 4 N–H and O–H groups in total. The summed E-state index contributed by atoms with van der Waals surface area (Å²) in [4.78, 5) is 37.0. The summed E-state index contributed by atoms with van der Waals surface area (Å²) in [7, 11) is 0. The van der Waals surface area contributed by atoms with Gasteiger partial charge in [0.1, 0.15) is 6.04 Å². The van der Waals surface area contributed by atoms with Crippen molar-refractivity contribution in [1.82, 2.24) is 15.8 Å². The van der Waals surface area contributed by atoms with Gasteiger partial charge in [-0.05, 0) is 31.3 Å². The molecule has 20 heavy (non-hydrogen) atoms. The van der Waals surface area contributed by atoms with Crippen molar-refractivity contribution in [3.8, 4) is 0 Å². The first-order valence-electron chi connectivity index (χ1n) is 5.75. The molecule has 0 fully saturated rings. The number of carbonyl (C=O) groups is 3. The van der Waals surface area contributed by atoms with Crippen molar-refractivity contribution in [3.63, 3.8) is 0 Å². The number of nitrogens with one attached hydrogen (secondary N) is 2. The fourth-order valence-electron chi connectivity index (χ4n) is 1.90. The summed E-state index contributed by atoms with van der Waals surface area (Å²) in [5, 5.41) is -0.118. The Bertz CT molecular complexity index is 581. The highest BCUT2D eigenvalue weighted by Gasteiger charge is 2.40. The van der Waals surface area contributed by atoms with Crippen LogP contribution in [-0.4, -0.2) is 33.8 Å². The second-order valence-corrected chi connectivity index (χ2v) is 4.62. The molecule has 1 aliphatic rings. The summed E-state index contributed by atoms with van der Waals surface area (Å²) < 4.78 is 0. The minimum atomic E-state index is -0.982. The van der Waals surface area contributed by atoms with Crippen molar-refractivity contribution in [2.24, 2.45) is 5.73 Å². The number of thiocarbonyl (C=S) groups is 1. The maximum Gasteiger partial charge on any atom is 0.262 e. The number of carbonyl (C=O) groups excluding carboxylic acids is 3. The molecule has 1 aromatic rings. The highest BCUT2D eigenvalue weighted by molar-refractivity contribution is 7.80. The predicted molar refractivity (Wildman–Crippen MR) is 74.5 cm³/mol. The third-order valence-corrected chi connectivity index (χ3v) is 3.00. The molecule has 7 nitrogen and oxygen atoms in total. The van der Waals surface area contributed by atoms with Crippen LogP contribution in [0.5, 0.6) is 0 Å². The second-order valence-electron chi connectivity index (χ2n) is 4.18. The van der Waals surface area contributed by atoms with Gasteiger partial charge in [-0.3, -0.25) is 30.1 Å². The lowest BCUT2D eigenvalue weighted by molar-refractivity contribution is -0.125. The molecule has 0 saturated heterocycles. The molecule has 2 rings (SSSR count). The van der Waals surface area contributed by atoms with Crippen LogP contribution in [0.25, 0.3) is 0 Å². The van der Waals surface area contributed by atoms with Crippen molar-refractivity contribution in [3.05, 3.63) is 35.4 Å². The summed E-state index contributed by atoms with van der Waals surface area (Å²) >= 11 is 4.54. The van der Waals surface area contributed by atoms with Crippen molar-refractivity contribution in [1.29, 1.82) is 0 Å². The Hall–Kier alpha value is -2.48. The minimum Gasteiger partial charge on any atom is -0.375 e. The van der Waals surface area contributed by atoms with Gasteiger partial charge in [0.15, 0.2) is 5.11 Å². The molecule has 104 valence electrons. The molecule has 0 aliphatic carbocycles. The van der Waals surface area contributed by atoms with Gasteiger partial charge < -0.3 is 5.73 Å². The van der Waals surface area contributed by atoms with Crippen molar-refractivity contribution in [2.75, 3.05) is 0 Å². The van der Waals surface area contributed by atoms with E-state index in [4.69, 9.17) is 5.73 Å². The molecule has 8 heteroatoms. The van der Waals surface area contributed by atoms with E-state index in [1.54, 1.807) is 24.3 Å². The smallest absolute Gasteiger partial charge is 0.262 e. The summed E-state index contributed by atoms with van der Waals surface area (Å²) in [5.41, 5.74) is 10.2. The molecule has 0 unspecified atom stereocenters. The fourth-order valence-corrected chi connectivity index (χ4v) is 1.96. The van der Waals surface area contributed by atoms with Gasteiger partial charge in [0.25, 0.3) is 17.7 Å². The number of imide groups is 1. The molecule has 1 atom stereocenters. The SMILES string of the molecule is C[C@@H](C(=O)NNC(N)=S)N1C(=O)c2ccccc2C1=O. The van der Waals surface area contributed by atoms with E-state index >= 15 is 0 Å². The number of hydrazine groups is 1. The van der Waals surface area contributed by atoms with Gasteiger partial charge in [0.2, 0.25) is 0 Å². The third kappa shape index (κ3) is 2.32. The number of nitrogens with zero attached hydrogens (tertiary/aromatic N) is 1. The lowest BCUT2D eigenvalue weighted by atomic mass is 10.1. The largest absolute Gasteiger partial charge is 0.375 e. The van der Waals surface area contributed by atoms with Crippen LogP contribution in [0.15, 0.2) is 24.3 Å². The Morgan fingerprint density at radius 3 is 2.15 bits per heavy atom. The van der Waals surface area contributed by atoms with Crippen LogP contribution >= 0.6 is 12.2 Å². The maximum absolute atomic E-state index is 12.1. The molecular weight excluding hydrogens is 280 g/mol. The molecule has 1 heterocycles. The van der Waals surface area contributed by atoms with E-state index in [-0.39, 0.29) is 5.11 Å². The zero-order valence-electron chi connectivity index (χ0n) is 10.5. The number of rotatable bonds is 2. The lowest BCUT2D eigenvalue weighted by Gasteiger charge is -2.21. The van der Waals surface area contributed by atoms with Gasteiger partial charge >= 0.3 is 0 Å². The zero-order chi connectivity index (χ0) is 14.9. The number of hydrogen-bond donors (Lipinski definition) is 3. The van der Waals surface area contributed by atoms with Gasteiger partial charge in [0.05, 0.1) is 11.1 Å². The predicted octanol–water partition coefficient (Wildman–Crippen LogP) is -0.464. The summed E-state index contributed by atoms with van der Waals surface area (Å²) in [6.45, 7) is 1.44. The number of amides is 3. The Kier molecular flexibility index (Phi) is 3.66. The quantitative estimate of drug-likeness (QED) is 0.387. The number of hydrogen-bond acceptors (Lipinski definition) is 4. The van der Waals surface area contributed by atoms with Crippen molar-refractivity contribution >= 4 is 35.1 Å². The maximum atomic E-state index is 12.1. The molecule has 0 radical (unpaired) electrons. The third-order valence-electron chi connectivity index (χ3n) is 2.90. The molecule has 1 aliphatic heterocycles. The van der Waals surface area contributed by atoms with Gasteiger partial charge in [-0.15, -0.1) is 0 Å². The highest BCUT2D eigenvalue weighted by atomic mass is 32.1.